The molecule has 1 fully saturated rings. The fourth-order valence-electron chi connectivity index (χ4n) is 6.13. The molecule has 2 aromatic heterocycles. The molecule has 1 aliphatic carbocycles. The second-order valence-electron chi connectivity index (χ2n) is 9.24. The first-order chi connectivity index (χ1) is 13.9. The number of aliphatic hydroxyl groups is 1. The van der Waals surface area contributed by atoms with Gasteiger partial charge in [-0.25, -0.2) is 0 Å². The lowest BCUT2D eigenvalue weighted by molar-refractivity contribution is 0.0203. The first-order valence-electron chi connectivity index (χ1n) is 10.7. The van der Waals surface area contributed by atoms with E-state index in [2.05, 4.69) is 39.7 Å². The van der Waals surface area contributed by atoms with Crippen LogP contribution >= 0.6 is 11.6 Å². The molecule has 5 heteroatoms. The van der Waals surface area contributed by atoms with Gasteiger partial charge in [-0.2, -0.15) is 0 Å². The average molecular weight is 408 g/mol. The summed E-state index contributed by atoms with van der Waals surface area (Å²) in [4.78, 5) is 6.98. The van der Waals surface area contributed by atoms with E-state index in [1.54, 1.807) is 0 Å². The fourth-order valence-corrected chi connectivity index (χ4v) is 6.30. The molecule has 3 unspecified atom stereocenters. The molecule has 3 atom stereocenters. The maximum absolute atomic E-state index is 11.8. The van der Waals surface area contributed by atoms with Crippen LogP contribution < -0.4 is 0 Å². The van der Waals surface area contributed by atoms with Crippen molar-refractivity contribution in [3.8, 4) is 0 Å². The number of nitrogens with zero attached hydrogens (tertiary/aromatic N) is 3. The minimum absolute atomic E-state index is 0.461. The van der Waals surface area contributed by atoms with Gasteiger partial charge in [0.2, 0.25) is 0 Å². The molecule has 4 nitrogen and oxygen atoms in total. The van der Waals surface area contributed by atoms with Gasteiger partial charge < -0.3 is 9.67 Å². The van der Waals surface area contributed by atoms with Gasteiger partial charge in [0.15, 0.2) is 0 Å². The highest BCUT2D eigenvalue weighted by molar-refractivity contribution is 6.31. The van der Waals surface area contributed by atoms with E-state index in [-0.39, 0.29) is 0 Å². The number of fused-ring (bicyclic) bond motifs is 7. The van der Waals surface area contributed by atoms with Crippen LogP contribution in [0.2, 0.25) is 5.02 Å². The van der Waals surface area contributed by atoms with Crippen molar-refractivity contribution in [3.05, 3.63) is 63.6 Å². The van der Waals surface area contributed by atoms with Crippen LogP contribution in [-0.4, -0.2) is 32.6 Å². The van der Waals surface area contributed by atoms with Gasteiger partial charge in [0.25, 0.3) is 0 Å². The highest BCUT2D eigenvalue weighted by atomic mass is 35.5. The summed E-state index contributed by atoms with van der Waals surface area (Å²) in [7, 11) is 2.26. The lowest BCUT2D eigenvalue weighted by atomic mass is 9.95. The molecular formula is C24H26ClN3O. The number of hydrogen-bond acceptors (Lipinski definition) is 3. The number of aromatic nitrogens is 2. The highest BCUT2D eigenvalue weighted by Gasteiger charge is 2.43. The molecule has 0 amide bonds. The van der Waals surface area contributed by atoms with Crippen LogP contribution in [0.4, 0.5) is 0 Å². The number of likely N-dealkylation sites (N-methyl/N-ethyl adjacent to an activating group) is 1. The third-order valence-corrected chi connectivity index (χ3v) is 7.87. The van der Waals surface area contributed by atoms with Gasteiger partial charge in [-0.3, -0.25) is 9.88 Å². The van der Waals surface area contributed by atoms with Crippen molar-refractivity contribution in [1.82, 2.24) is 14.5 Å². The first-order valence-corrected chi connectivity index (χ1v) is 11.0. The molecule has 4 heterocycles. The van der Waals surface area contributed by atoms with Gasteiger partial charge in [-0.15, -0.1) is 0 Å². The maximum atomic E-state index is 11.8. The fraction of sp³-hybridized carbons (Fsp3) is 0.458. The van der Waals surface area contributed by atoms with Crippen LogP contribution in [0.3, 0.4) is 0 Å². The summed E-state index contributed by atoms with van der Waals surface area (Å²) in [6.45, 7) is 2.60. The Morgan fingerprint density at radius 2 is 2.14 bits per heavy atom. The second-order valence-corrected chi connectivity index (χ2v) is 9.68. The van der Waals surface area contributed by atoms with Crippen molar-refractivity contribution < 1.29 is 5.11 Å². The van der Waals surface area contributed by atoms with Crippen LogP contribution in [0.5, 0.6) is 0 Å². The van der Waals surface area contributed by atoms with Crippen molar-refractivity contribution in [2.24, 2.45) is 0 Å². The summed E-state index contributed by atoms with van der Waals surface area (Å²) in [5, 5.41) is 13.8. The van der Waals surface area contributed by atoms with E-state index >= 15 is 0 Å². The third kappa shape index (κ3) is 2.49. The second kappa shape index (κ2) is 6.07. The Morgan fingerprint density at radius 3 is 3.00 bits per heavy atom. The Hall–Kier alpha value is -1.88. The van der Waals surface area contributed by atoms with Gasteiger partial charge in [0, 0.05) is 52.0 Å². The minimum Gasteiger partial charge on any atom is -0.383 e. The average Bonchev–Trinajstić information content (AvgIpc) is 3.24. The Morgan fingerprint density at radius 1 is 1.28 bits per heavy atom. The summed E-state index contributed by atoms with van der Waals surface area (Å²) >= 11 is 6.41. The summed E-state index contributed by atoms with van der Waals surface area (Å²) in [6.07, 6.45) is 7.09. The third-order valence-electron chi connectivity index (χ3n) is 7.63. The molecule has 1 N–H and O–H groups in total. The van der Waals surface area contributed by atoms with Crippen molar-refractivity contribution in [2.45, 2.75) is 63.3 Å². The van der Waals surface area contributed by atoms with E-state index in [1.165, 1.54) is 40.6 Å². The first kappa shape index (κ1) is 17.9. The summed E-state index contributed by atoms with van der Waals surface area (Å²) in [6, 6.07) is 9.38. The summed E-state index contributed by atoms with van der Waals surface area (Å²) < 4.78 is 2.41. The van der Waals surface area contributed by atoms with E-state index in [1.807, 2.05) is 19.2 Å². The van der Waals surface area contributed by atoms with Crippen molar-refractivity contribution in [3.63, 3.8) is 0 Å². The van der Waals surface area contributed by atoms with Crippen LogP contribution in [-0.2, 0) is 25.0 Å². The predicted octanol–water partition coefficient (Wildman–Crippen LogP) is 4.52. The Labute approximate surface area is 176 Å². The molecular weight excluding hydrogens is 382 g/mol. The largest absolute Gasteiger partial charge is 0.383 e. The molecule has 2 aliphatic heterocycles. The quantitative estimate of drug-likeness (QED) is 0.678. The molecule has 1 aromatic carbocycles. The van der Waals surface area contributed by atoms with Crippen LogP contribution in [0.15, 0.2) is 30.5 Å². The zero-order valence-electron chi connectivity index (χ0n) is 17.0. The number of halogens is 1. The van der Waals surface area contributed by atoms with E-state index in [4.69, 9.17) is 11.6 Å². The zero-order valence-corrected chi connectivity index (χ0v) is 17.7. The van der Waals surface area contributed by atoms with Gasteiger partial charge >= 0.3 is 0 Å². The SMILES string of the molecule is Cc1cc2c(cn1)CCC2(O)Cn1c2c(c3cc(Cl)ccc31)C1CCC(C2)N1C. The molecule has 29 heavy (non-hydrogen) atoms. The van der Waals surface area contributed by atoms with Gasteiger partial charge in [-0.05, 0) is 80.6 Å². The number of hydrogen-bond donors (Lipinski definition) is 1. The van der Waals surface area contributed by atoms with Crippen LogP contribution in [0, 0.1) is 6.92 Å². The van der Waals surface area contributed by atoms with Crippen molar-refractivity contribution in [1.29, 1.82) is 0 Å². The smallest absolute Gasteiger partial charge is 0.108 e. The maximum Gasteiger partial charge on any atom is 0.108 e. The lowest BCUT2D eigenvalue weighted by Crippen LogP contribution is -2.36. The molecule has 2 bridgehead atoms. The number of pyridine rings is 1. The molecule has 1 saturated heterocycles. The topological polar surface area (TPSA) is 41.3 Å². The van der Waals surface area contributed by atoms with Gasteiger partial charge in [-0.1, -0.05) is 11.6 Å². The van der Waals surface area contributed by atoms with E-state index in [9.17, 15) is 5.11 Å². The van der Waals surface area contributed by atoms with Crippen LogP contribution in [0.25, 0.3) is 10.9 Å². The molecule has 6 rings (SSSR count). The van der Waals surface area contributed by atoms with E-state index < -0.39 is 5.60 Å². The van der Waals surface area contributed by atoms with E-state index in [0.29, 0.717) is 18.6 Å². The number of rotatable bonds is 2. The molecule has 150 valence electrons. The highest BCUT2D eigenvalue weighted by Crippen LogP contribution is 2.48. The van der Waals surface area contributed by atoms with Crippen LogP contribution in [0.1, 0.15) is 53.4 Å². The van der Waals surface area contributed by atoms with Gasteiger partial charge in [0.05, 0.1) is 6.54 Å². The Balaban J connectivity index is 1.54. The summed E-state index contributed by atoms with van der Waals surface area (Å²) in [5.74, 6) is 0. The normalized spacial score (nSPS) is 28.1. The monoisotopic (exact) mass is 407 g/mol. The summed E-state index contributed by atoms with van der Waals surface area (Å²) in [5.41, 5.74) is 6.41. The zero-order chi connectivity index (χ0) is 19.9. The lowest BCUT2D eigenvalue weighted by Gasteiger charge is -2.33. The predicted molar refractivity (Wildman–Crippen MR) is 115 cm³/mol. The Kier molecular flexibility index (Phi) is 3.75. The molecule has 0 spiro atoms. The van der Waals surface area contributed by atoms with Gasteiger partial charge in [0.1, 0.15) is 5.60 Å². The molecule has 0 radical (unpaired) electrons. The minimum atomic E-state index is -0.842. The molecule has 3 aromatic rings. The molecule has 3 aliphatic rings. The van der Waals surface area contributed by atoms with E-state index in [0.717, 1.165) is 35.5 Å². The molecule has 0 saturated carbocycles. The Bertz CT molecular complexity index is 1150. The number of benzene rings is 1. The van der Waals surface area contributed by atoms with Crippen molar-refractivity contribution >= 4 is 22.5 Å². The van der Waals surface area contributed by atoms with Crippen molar-refractivity contribution in [2.75, 3.05) is 7.05 Å². The standard InChI is InChI=1S/C24H26ClN3O/c1-14-9-19-15(12-26-14)7-8-24(19,29)13-28-20-5-3-16(25)10-18(20)23-21-6-4-17(27(21)2)11-22(23)28/h3,5,9-10,12,17,21,29H,4,6-8,11,13H2,1-2H3. The number of aryl methyl sites for hydroxylation is 2.